The van der Waals surface area contributed by atoms with Crippen LogP contribution in [0.25, 0.3) is 0 Å². The van der Waals surface area contributed by atoms with E-state index < -0.39 is 0 Å². The van der Waals surface area contributed by atoms with E-state index >= 15 is 0 Å². The average Bonchev–Trinajstić information content (AvgIpc) is 3.54. The predicted octanol–water partition coefficient (Wildman–Crippen LogP) is 5.30. The van der Waals surface area contributed by atoms with Crippen LogP contribution in [-0.4, -0.2) is 32.7 Å². The molecule has 9 heteroatoms. The summed E-state index contributed by atoms with van der Waals surface area (Å²) >= 11 is 1.54. The van der Waals surface area contributed by atoms with E-state index in [1.165, 1.54) is 16.4 Å². The zero-order chi connectivity index (χ0) is 24.0. The van der Waals surface area contributed by atoms with Gasteiger partial charge >= 0.3 is 6.03 Å². The van der Waals surface area contributed by atoms with E-state index in [4.69, 9.17) is 4.84 Å². The lowest BCUT2D eigenvalue weighted by atomic mass is 10.1. The first-order valence-corrected chi connectivity index (χ1v) is 11.9. The Morgan fingerprint density at radius 3 is 2.60 bits per heavy atom. The lowest BCUT2D eigenvalue weighted by Gasteiger charge is -2.23. The van der Waals surface area contributed by atoms with Crippen LogP contribution in [0.5, 0.6) is 0 Å². The molecule has 174 valence electrons. The monoisotopic (exact) mass is 482 g/mol. The summed E-state index contributed by atoms with van der Waals surface area (Å²) in [5, 5.41) is 9.30. The topological polar surface area (TPSA) is 92.3 Å². The molecule has 0 bridgehead atoms. The molecule has 2 N–H and O–H groups in total. The summed E-state index contributed by atoms with van der Waals surface area (Å²) in [6.07, 6.45) is 5.83. The lowest BCUT2D eigenvalue weighted by Crippen LogP contribution is -2.33. The quantitative estimate of drug-likeness (QED) is 0.384. The molecule has 0 unspecified atom stereocenters. The zero-order valence-electron chi connectivity index (χ0n) is 18.9. The van der Waals surface area contributed by atoms with E-state index in [1.807, 2.05) is 61.5 Å². The minimum absolute atomic E-state index is 0.114. The van der Waals surface area contributed by atoms with Crippen LogP contribution in [-0.2, 0) is 4.84 Å². The molecule has 2 aromatic heterocycles. The Balaban J connectivity index is 1.23. The van der Waals surface area contributed by atoms with Crippen molar-refractivity contribution < 1.29 is 9.63 Å². The van der Waals surface area contributed by atoms with Crippen LogP contribution in [0, 0.1) is 18.8 Å². The Hall–Kier alpha value is -4.26. The fraction of sp³-hybridized carbons (Fsp3) is 0.154. The number of rotatable bonds is 4. The van der Waals surface area contributed by atoms with E-state index in [-0.39, 0.29) is 12.1 Å². The smallest absolute Gasteiger partial charge is 0.314 e. The maximum Gasteiger partial charge on any atom is 0.346 e. The highest BCUT2D eigenvalue weighted by atomic mass is 32.1. The molecule has 1 saturated heterocycles. The number of hydroxylamine groups is 2. The van der Waals surface area contributed by atoms with Crippen LogP contribution in [0.4, 0.5) is 21.4 Å². The number of nitrogens with zero attached hydrogens (tertiary/aromatic N) is 4. The standard InChI is InChI=1S/C26H22N6O2S/c1-18-27-17-24(35-18)31-25-28-15-20(16-29-25)11-10-19-6-5-9-22(14-19)30-26(33)32-23(12-13-34-32)21-7-3-2-4-8-21/h2-9,14-17,23H,12-13H2,1H3,(H,30,33)(H,28,29,31)/t23-/m0/s1. The highest BCUT2D eigenvalue weighted by Gasteiger charge is 2.31. The third-order valence-corrected chi connectivity index (χ3v) is 6.09. The van der Waals surface area contributed by atoms with Crippen LogP contribution in [0.15, 0.2) is 73.2 Å². The SMILES string of the molecule is Cc1ncc(Nc2ncc(C#Cc3cccc(NC(=O)N4OCC[C@H]4c4ccccc4)c3)cn2)s1. The fourth-order valence-electron chi connectivity index (χ4n) is 3.63. The van der Waals surface area contributed by atoms with Crippen molar-refractivity contribution in [1.82, 2.24) is 20.0 Å². The minimum Gasteiger partial charge on any atom is -0.314 e. The molecule has 0 spiro atoms. The number of carbonyl (C=O) groups excluding carboxylic acids is 1. The summed E-state index contributed by atoms with van der Waals surface area (Å²) in [6.45, 7) is 2.44. The summed E-state index contributed by atoms with van der Waals surface area (Å²) < 4.78 is 0. The van der Waals surface area contributed by atoms with Crippen molar-refractivity contribution in [3.63, 3.8) is 0 Å². The van der Waals surface area contributed by atoms with Crippen LogP contribution < -0.4 is 10.6 Å². The third-order valence-electron chi connectivity index (χ3n) is 5.26. The van der Waals surface area contributed by atoms with Gasteiger partial charge in [0.25, 0.3) is 0 Å². The van der Waals surface area contributed by atoms with Crippen molar-refractivity contribution in [2.24, 2.45) is 0 Å². The van der Waals surface area contributed by atoms with Gasteiger partial charge in [-0.2, -0.15) is 5.06 Å². The number of carbonyl (C=O) groups is 1. The highest BCUT2D eigenvalue weighted by Crippen LogP contribution is 2.30. The number of aryl methyl sites for hydroxylation is 1. The molecule has 1 atom stereocenters. The van der Waals surface area contributed by atoms with E-state index in [0.29, 0.717) is 23.8 Å². The van der Waals surface area contributed by atoms with E-state index in [0.717, 1.165) is 27.6 Å². The van der Waals surface area contributed by atoms with Crippen LogP contribution in [0.3, 0.4) is 0 Å². The Kier molecular flexibility index (Phi) is 6.66. The Morgan fingerprint density at radius 2 is 1.83 bits per heavy atom. The van der Waals surface area contributed by atoms with Crippen molar-refractivity contribution in [1.29, 1.82) is 0 Å². The maximum atomic E-state index is 12.9. The van der Waals surface area contributed by atoms with Gasteiger partial charge in [-0.3, -0.25) is 4.84 Å². The third kappa shape index (κ3) is 5.63. The van der Waals surface area contributed by atoms with Crippen molar-refractivity contribution in [3.8, 4) is 11.8 Å². The molecule has 1 aliphatic heterocycles. The number of nitrogens with one attached hydrogen (secondary N) is 2. The first kappa shape index (κ1) is 22.5. The van der Waals surface area contributed by atoms with Gasteiger partial charge in [0.2, 0.25) is 5.95 Å². The molecule has 4 aromatic rings. The number of amides is 2. The molecule has 0 radical (unpaired) electrons. The first-order chi connectivity index (χ1) is 17.1. The van der Waals surface area contributed by atoms with Crippen LogP contribution in [0.1, 0.15) is 34.2 Å². The number of aromatic nitrogens is 3. The summed E-state index contributed by atoms with van der Waals surface area (Å²) in [5.74, 6) is 6.64. The van der Waals surface area contributed by atoms with Crippen LogP contribution in [0.2, 0.25) is 0 Å². The van der Waals surface area contributed by atoms with Gasteiger partial charge in [0.15, 0.2) is 0 Å². The van der Waals surface area contributed by atoms with E-state index in [9.17, 15) is 4.79 Å². The number of thiazole rings is 1. The van der Waals surface area contributed by atoms with Gasteiger partial charge in [-0.15, -0.1) is 11.3 Å². The number of urea groups is 1. The number of anilines is 3. The van der Waals surface area contributed by atoms with E-state index in [2.05, 4.69) is 37.4 Å². The molecule has 5 rings (SSSR count). The van der Waals surface area contributed by atoms with Crippen molar-refractivity contribution in [2.75, 3.05) is 17.2 Å². The number of hydrogen-bond acceptors (Lipinski definition) is 7. The zero-order valence-corrected chi connectivity index (χ0v) is 19.7. The number of benzene rings is 2. The van der Waals surface area contributed by atoms with Gasteiger partial charge in [0.1, 0.15) is 5.00 Å². The normalized spacial score (nSPS) is 14.8. The van der Waals surface area contributed by atoms with Gasteiger partial charge in [0, 0.05) is 30.1 Å². The predicted molar refractivity (Wildman–Crippen MR) is 135 cm³/mol. The van der Waals surface area contributed by atoms with Crippen molar-refractivity contribution in [2.45, 2.75) is 19.4 Å². The van der Waals surface area contributed by atoms with Gasteiger partial charge in [-0.25, -0.2) is 19.7 Å². The highest BCUT2D eigenvalue weighted by molar-refractivity contribution is 7.15. The molecule has 8 nitrogen and oxygen atoms in total. The molecule has 2 aromatic carbocycles. The summed E-state index contributed by atoms with van der Waals surface area (Å²) in [4.78, 5) is 31.3. The molecule has 3 heterocycles. The molecule has 0 aliphatic carbocycles. The van der Waals surface area contributed by atoms with Crippen LogP contribution >= 0.6 is 11.3 Å². The number of hydrogen-bond donors (Lipinski definition) is 2. The Bertz CT molecular complexity index is 1380. The summed E-state index contributed by atoms with van der Waals surface area (Å²) in [5.41, 5.74) is 3.12. The van der Waals surface area contributed by atoms with Crippen molar-refractivity contribution in [3.05, 3.63) is 94.9 Å². The Morgan fingerprint density at radius 1 is 1.03 bits per heavy atom. The minimum atomic E-state index is -0.311. The molecule has 1 fully saturated rings. The Labute approximate surface area is 207 Å². The second-order valence-corrected chi connectivity index (χ2v) is 9.03. The average molecular weight is 483 g/mol. The van der Waals surface area contributed by atoms with E-state index in [1.54, 1.807) is 18.6 Å². The van der Waals surface area contributed by atoms with Crippen molar-refractivity contribution >= 4 is 34.0 Å². The van der Waals surface area contributed by atoms with Gasteiger partial charge < -0.3 is 10.6 Å². The summed E-state index contributed by atoms with van der Waals surface area (Å²) in [7, 11) is 0. The summed E-state index contributed by atoms with van der Waals surface area (Å²) in [6, 6.07) is 16.8. The second-order valence-electron chi connectivity index (χ2n) is 7.80. The molecule has 1 aliphatic rings. The molecular weight excluding hydrogens is 460 g/mol. The first-order valence-electron chi connectivity index (χ1n) is 11.1. The molecule has 35 heavy (non-hydrogen) atoms. The molecule has 2 amide bonds. The largest absolute Gasteiger partial charge is 0.346 e. The maximum absolute atomic E-state index is 12.9. The van der Waals surface area contributed by atoms with Gasteiger partial charge in [-0.05, 0) is 30.7 Å². The fourth-order valence-corrected chi connectivity index (χ4v) is 4.30. The lowest BCUT2D eigenvalue weighted by molar-refractivity contribution is -0.0829. The second kappa shape index (κ2) is 10.3. The van der Waals surface area contributed by atoms with Gasteiger partial charge in [-0.1, -0.05) is 48.2 Å². The molecular formula is C26H22N6O2S. The molecule has 0 saturated carbocycles. The van der Waals surface area contributed by atoms with Gasteiger partial charge in [0.05, 0.1) is 29.4 Å².